The van der Waals surface area contributed by atoms with E-state index in [1.165, 1.54) is 18.5 Å². The van der Waals surface area contributed by atoms with E-state index in [9.17, 15) is 0 Å². The van der Waals surface area contributed by atoms with Gasteiger partial charge in [-0.05, 0) is 23.8 Å². The second kappa shape index (κ2) is 6.18. The van der Waals surface area contributed by atoms with Gasteiger partial charge in [-0.2, -0.15) is 0 Å². The van der Waals surface area contributed by atoms with Crippen LogP contribution in [0.15, 0.2) is 30.3 Å². The van der Waals surface area contributed by atoms with Crippen molar-refractivity contribution in [2.45, 2.75) is 19.9 Å². The van der Waals surface area contributed by atoms with Crippen molar-refractivity contribution in [2.75, 3.05) is 26.8 Å². The fourth-order valence-electron chi connectivity index (χ4n) is 2.28. The number of benzene rings is 1. The molecule has 0 saturated heterocycles. The van der Waals surface area contributed by atoms with Crippen LogP contribution in [0, 0.1) is 11.8 Å². The smallest absolute Gasteiger partial charge is 0.0589 e. The Bertz CT molecular complexity index is 325. The average Bonchev–Trinajstić information content (AvgIpc) is 3.03. The Morgan fingerprint density at radius 3 is 2.59 bits per heavy atom. The van der Waals surface area contributed by atoms with Gasteiger partial charge in [0, 0.05) is 26.7 Å². The van der Waals surface area contributed by atoms with Gasteiger partial charge in [0.1, 0.15) is 0 Å². The normalized spacial score (nSPS) is 23.0. The molecule has 0 bridgehead atoms. The number of hydrogen-bond acceptors (Lipinski definition) is 2. The summed E-state index contributed by atoms with van der Waals surface area (Å²) in [6.45, 7) is 6.48. The van der Waals surface area contributed by atoms with E-state index < -0.39 is 0 Å². The van der Waals surface area contributed by atoms with Crippen LogP contribution in [-0.2, 0) is 11.3 Å². The van der Waals surface area contributed by atoms with E-state index in [2.05, 4.69) is 42.2 Å². The van der Waals surface area contributed by atoms with Crippen molar-refractivity contribution in [1.82, 2.24) is 4.90 Å². The van der Waals surface area contributed by atoms with E-state index in [0.717, 1.165) is 31.5 Å². The lowest BCUT2D eigenvalue weighted by Crippen LogP contribution is -2.29. The minimum Gasteiger partial charge on any atom is -0.383 e. The molecule has 2 unspecified atom stereocenters. The lowest BCUT2D eigenvalue weighted by Gasteiger charge is -2.22. The van der Waals surface area contributed by atoms with Crippen molar-refractivity contribution in [3.05, 3.63) is 35.9 Å². The Morgan fingerprint density at radius 2 is 2.00 bits per heavy atom. The second-order valence-corrected chi connectivity index (χ2v) is 5.19. The van der Waals surface area contributed by atoms with E-state index in [1.54, 1.807) is 7.11 Å². The molecule has 0 aliphatic heterocycles. The molecule has 1 aromatic rings. The van der Waals surface area contributed by atoms with Crippen LogP contribution in [0.2, 0.25) is 0 Å². The molecule has 1 aliphatic carbocycles. The molecule has 1 saturated carbocycles. The highest BCUT2D eigenvalue weighted by Gasteiger charge is 2.33. The first-order valence-electron chi connectivity index (χ1n) is 6.55. The van der Waals surface area contributed by atoms with Crippen molar-refractivity contribution < 1.29 is 4.74 Å². The summed E-state index contributed by atoms with van der Waals surface area (Å²) in [5, 5.41) is 0. The molecule has 1 aliphatic rings. The number of rotatable bonds is 7. The number of ether oxygens (including phenoxy) is 1. The zero-order valence-corrected chi connectivity index (χ0v) is 10.9. The standard InChI is InChI=1S/C15H23NO/c1-13-10-15(13)12-16(8-9-17-2)11-14-6-4-3-5-7-14/h3-7,13,15H,8-12H2,1-2H3. The molecule has 2 heteroatoms. The molecule has 0 heterocycles. The molecule has 0 amide bonds. The monoisotopic (exact) mass is 233 g/mol. The van der Waals surface area contributed by atoms with Gasteiger partial charge in [-0.15, -0.1) is 0 Å². The topological polar surface area (TPSA) is 12.5 Å². The van der Waals surface area contributed by atoms with Gasteiger partial charge in [-0.3, -0.25) is 4.90 Å². The van der Waals surface area contributed by atoms with E-state index in [-0.39, 0.29) is 0 Å². The summed E-state index contributed by atoms with van der Waals surface area (Å²) in [6.07, 6.45) is 1.40. The van der Waals surface area contributed by atoms with Gasteiger partial charge in [-0.1, -0.05) is 37.3 Å². The maximum absolute atomic E-state index is 5.20. The van der Waals surface area contributed by atoms with Crippen LogP contribution in [0.25, 0.3) is 0 Å². The zero-order chi connectivity index (χ0) is 12.1. The summed E-state index contributed by atoms with van der Waals surface area (Å²) in [6, 6.07) is 10.7. The predicted octanol–water partition coefficient (Wildman–Crippen LogP) is 2.79. The Hall–Kier alpha value is -0.860. The van der Waals surface area contributed by atoms with Gasteiger partial charge in [0.25, 0.3) is 0 Å². The third kappa shape index (κ3) is 4.14. The third-order valence-corrected chi connectivity index (χ3v) is 3.63. The van der Waals surface area contributed by atoms with Crippen LogP contribution in [0.4, 0.5) is 0 Å². The van der Waals surface area contributed by atoms with E-state index in [1.807, 2.05) is 0 Å². The highest BCUT2D eigenvalue weighted by atomic mass is 16.5. The molecule has 1 aromatic carbocycles. The summed E-state index contributed by atoms with van der Waals surface area (Å²) >= 11 is 0. The summed E-state index contributed by atoms with van der Waals surface area (Å²) in [7, 11) is 1.78. The number of methoxy groups -OCH3 is 1. The summed E-state index contributed by atoms with van der Waals surface area (Å²) in [4.78, 5) is 2.52. The maximum atomic E-state index is 5.20. The second-order valence-electron chi connectivity index (χ2n) is 5.19. The SMILES string of the molecule is COCCN(Cc1ccccc1)CC1CC1C. The first-order valence-corrected chi connectivity index (χ1v) is 6.55. The van der Waals surface area contributed by atoms with Crippen molar-refractivity contribution in [1.29, 1.82) is 0 Å². The first kappa shape index (κ1) is 12.6. The molecule has 0 aromatic heterocycles. The van der Waals surface area contributed by atoms with Crippen LogP contribution < -0.4 is 0 Å². The fraction of sp³-hybridized carbons (Fsp3) is 0.600. The first-order chi connectivity index (χ1) is 8.29. The Labute approximate surface area is 105 Å². The van der Waals surface area contributed by atoms with Gasteiger partial charge in [0.05, 0.1) is 6.61 Å². The summed E-state index contributed by atoms with van der Waals surface area (Å²) < 4.78 is 5.20. The van der Waals surface area contributed by atoms with E-state index >= 15 is 0 Å². The molecule has 0 N–H and O–H groups in total. The van der Waals surface area contributed by atoms with Crippen molar-refractivity contribution in [2.24, 2.45) is 11.8 Å². The zero-order valence-electron chi connectivity index (χ0n) is 10.9. The number of nitrogens with zero attached hydrogens (tertiary/aromatic N) is 1. The average molecular weight is 233 g/mol. The Balaban J connectivity index is 1.85. The van der Waals surface area contributed by atoms with Crippen molar-refractivity contribution in [3.8, 4) is 0 Å². The van der Waals surface area contributed by atoms with Crippen LogP contribution in [0.5, 0.6) is 0 Å². The minimum absolute atomic E-state index is 0.827. The Kier molecular flexibility index (Phi) is 4.57. The summed E-state index contributed by atoms with van der Waals surface area (Å²) in [5.74, 6) is 1.84. The van der Waals surface area contributed by atoms with Crippen LogP contribution in [-0.4, -0.2) is 31.7 Å². The van der Waals surface area contributed by atoms with Gasteiger partial charge >= 0.3 is 0 Å². The van der Waals surface area contributed by atoms with Gasteiger partial charge < -0.3 is 4.74 Å². The minimum atomic E-state index is 0.827. The molecular formula is C15H23NO. The van der Waals surface area contributed by atoms with Crippen LogP contribution in [0.3, 0.4) is 0 Å². The predicted molar refractivity (Wildman–Crippen MR) is 70.9 cm³/mol. The molecule has 94 valence electrons. The largest absolute Gasteiger partial charge is 0.383 e. The van der Waals surface area contributed by atoms with Crippen LogP contribution in [0.1, 0.15) is 18.9 Å². The molecule has 0 spiro atoms. The molecule has 17 heavy (non-hydrogen) atoms. The van der Waals surface area contributed by atoms with E-state index in [0.29, 0.717) is 0 Å². The maximum Gasteiger partial charge on any atom is 0.0589 e. The van der Waals surface area contributed by atoms with E-state index in [4.69, 9.17) is 4.74 Å². The highest BCUT2D eigenvalue weighted by molar-refractivity contribution is 5.14. The molecule has 2 rings (SSSR count). The molecule has 0 radical (unpaired) electrons. The fourth-order valence-corrected chi connectivity index (χ4v) is 2.28. The van der Waals surface area contributed by atoms with Crippen LogP contribution >= 0.6 is 0 Å². The lowest BCUT2D eigenvalue weighted by molar-refractivity contribution is 0.140. The lowest BCUT2D eigenvalue weighted by atomic mass is 10.2. The Morgan fingerprint density at radius 1 is 1.29 bits per heavy atom. The quantitative estimate of drug-likeness (QED) is 0.718. The molecule has 2 atom stereocenters. The summed E-state index contributed by atoms with van der Waals surface area (Å²) in [5.41, 5.74) is 1.40. The molecule has 2 nitrogen and oxygen atoms in total. The molecule has 1 fully saturated rings. The number of hydrogen-bond donors (Lipinski definition) is 0. The molecular weight excluding hydrogens is 210 g/mol. The third-order valence-electron chi connectivity index (χ3n) is 3.63. The van der Waals surface area contributed by atoms with Crippen molar-refractivity contribution in [3.63, 3.8) is 0 Å². The highest BCUT2D eigenvalue weighted by Crippen LogP contribution is 2.38. The van der Waals surface area contributed by atoms with Gasteiger partial charge in [-0.25, -0.2) is 0 Å². The van der Waals surface area contributed by atoms with Gasteiger partial charge in [0.2, 0.25) is 0 Å². The van der Waals surface area contributed by atoms with Crippen molar-refractivity contribution >= 4 is 0 Å². The van der Waals surface area contributed by atoms with Gasteiger partial charge in [0.15, 0.2) is 0 Å².